The number of sulfonamides is 1. The molecule has 1 aromatic carbocycles. The normalized spacial score (nSPS) is 16.8. The van der Waals surface area contributed by atoms with Crippen LogP contribution in [0.25, 0.3) is 11.0 Å². The largest absolute Gasteiger partial charge is 0.354 e. The van der Waals surface area contributed by atoms with Gasteiger partial charge in [0.25, 0.3) is 0 Å². The van der Waals surface area contributed by atoms with Crippen LogP contribution in [0, 0.1) is 12.8 Å². The topological polar surface area (TPSA) is 72.2 Å². The van der Waals surface area contributed by atoms with Crippen LogP contribution in [0.1, 0.15) is 50.2 Å². The predicted molar refractivity (Wildman–Crippen MR) is 92.1 cm³/mol. The van der Waals surface area contributed by atoms with E-state index in [1.165, 1.54) is 6.42 Å². The molecule has 1 aromatic heterocycles. The van der Waals surface area contributed by atoms with E-state index in [-0.39, 0.29) is 11.7 Å². The van der Waals surface area contributed by atoms with Gasteiger partial charge in [-0.1, -0.05) is 37.4 Å². The lowest BCUT2D eigenvalue weighted by molar-refractivity contribution is 0.385. The van der Waals surface area contributed by atoms with Crippen molar-refractivity contribution in [1.82, 2.24) is 5.16 Å². The van der Waals surface area contributed by atoms with Gasteiger partial charge in [0, 0.05) is 0 Å². The Kier molecular flexibility index (Phi) is 4.62. The molecule has 1 saturated carbocycles. The third kappa shape index (κ3) is 3.68. The van der Waals surface area contributed by atoms with Gasteiger partial charge in [0.05, 0.1) is 11.1 Å². The fraction of sp³-hybridized carbons (Fsp3) is 0.588. The average molecular weight is 336 g/mol. The van der Waals surface area contributed by atoms with Crippen LogP contribution >= 0.6 is 0 Å². The van der Waals surface area contributed by atoms with Crippen LogP contribution < -0.4 is 4.72 Å². The van der Waals surface area contributed by atoms with Gasteiger partial charge in [-0.05, 0) is 49.3 Å². The smallest absolute Gasteiger partial charge is 0.234 e. The number of nitrogens with one attached hydrogen (secondary N) is 1. The molecule has 0 aliphatic heterocycles. The Hall–Kier alpha value is -1.56. The second-order valence-electron chi connectivity index (χ2n) is 6.56. The molecule has 0 radical (unpaired) electrons. The minimum Gasteiger partial charge on any atom is -0.354 e. The zero-order valence-corrected chi connectivity index (χ0v) is 14.6. The third-order valence-electron chi connectivity index (χ3n) is 4.67. The molecule has 1 aliphatic rings. The number of fused-ring (bicyclic) bond motifs is 1. The van der Waals surface area contributed by atoms with Crippen molar-refractivity contribution in [3.05, 3.63) is 23.3 Å². The van der Waals surface area contributed by atoms with E-state index in [0.717, 1.165) is 48.6 Å². The Bertz CT molecular complexity index is 790. The molecule has 2 aromatic rings. The molecule has 5 nitrogen and oxygen atoms in total. The van der Waals surface area contributed by atoms with Gasteiger partial charge >= 0.3 is 0 Å². The van der Waals surface area contributed by atoms with Gasteiger partial charge < -0.3 is 4.52 Å². The maximum Gasteiger partial charge on any atom is 0.234 e. The van der Waals surface area contributed by atoms with E-state index in [0.29, 0.717) is 11.4 Å². The summed E-state index contributed by atoms with van der Waals surface area (Å²) in [5.74, 6) is 0.746. The van der Waals surface area contributed by atoms with Gasteiger partial charge in [0.2, 0.25) is 10.0 Å². The lowest BCUT2D eigenvalue weighted by Crippen LogP contribution is -2.24. The first-order chi connectivity index (χ1) is 11.0. The summed E-state index contributed by atoms with van der Waals surface area (Å²) in [6, 6.07) is 3.98. The standard InChI is InChI=1S/C17H24N2O3S/c1-3-13-9-12(2)16-15(10-13)22-18-17(16)19-23(20,21)11-14-7-5-4-6-8-14/h9-10,14H,3-8,11H2,1-2H3,(H,18,19). The highest BCUT2D eigenvalue weighted by molar-refractivity contribution is 7.92. The molecule has 0 saturated heterocycles. The van der Waals surface area contributed by atoms with E-state index < -0.39 is 10.0 Å². The molecule has 0 amide bonds. The fourth-order valence-electron chi connectivity index (χ4n) is 3.47. The fourth-order valence-corrected chi connectivity index (χ4v) is 4.94. The van der Waals surface area contributed by atoms with E-state index >= 15 is 0 Å². The van der Waals surface area contributed by atoms with E-state index in [4.69, 9.17) is 4.52 Å². The van der Waals surface area contributed by atoms with Crippen molar-refractivity contribution in [3.8, 4) is 0 Å². The molecule has 1 heterocycles. The summed E-state index contributed by atoms with van der Waals surface area (Å²) < 4.78 is 32.9. The second-order valence-corrected chi connectivity index (χ2v) is 8.33. The second kappa shape index (κ2) is 6.51. The van der Waals surface area contributed by atoms with Crippen LogP contribution in [0.15, 0.2) is 16.7 Å². The van der Waals surface area contributed by atoms with Crippen molar-refractivity contribution in [2.45, 2.75) is 52.4 Å². The first-order valence-electron chi connectivity index (χ1n) is 8.38. The number of aryl methyl sites for hydroxylation is 2. The van der Waals surface area contributed by atoms with E-state index in [2.05, 4.69) is 22.9 Å². The van der Waals surface area contributed by atoms with Crippen molar-refractivity contribution in [2.75, 3.05) is 10.5 Å². The van der Waals surface area contributed by atoms with Gasteiger partial charge in [-0.3, -0.25) is 4.72 Å². The summed E-state index contributed by atoms with van der Waals surface area (Å²) in [5.41, 5.74) is 2.77. The lowest BCUT2D eigenvalue weighted by atomic mass is 9.91. The van der Waals surface area contributed by atoms with Crippen LogP contribution in [0.3, 0.4) is 0 Å². The zero-order chi connectivity index (χ0) is 16.4. The number of nitrogens with zero attached hydrogens (tertiary/aromatic N) is 1. The lowest BCUT2D eigenvalue weighted by Gasteiger charge is -2.21. The van der Waals surface area contributed by atoms with Crippen molar-refractivity contribution < 1.29 is 12.9 Å². The molecule has 0 unspecified atom stereocenters. The molecule has 6 heteroatoms. The molecule has 126 valence electrons. The molecule has 23 heavy (non-hydrogen) atoms. The number of rotatable bonds is 5. The summed E-state index contributed by atoms with van der Waals surface area (Å²) in [4.78, 5) is 0. The van der Waals surface area contributed by atoms with Gasteiger partial charge in [-0.25, -0.2) is 8.42 Å². The highest BCUT2D eigenvalue weighted by Crippen LogP contribution is 2.30. The van der Waals surface area contributed by atoms with Gasteiger partial charge in [0.1, 0.15) is 0 Å². The van der Waals surface area contributed by atoms with Crippen molar-refractivity contribution in [3.63, 3.8) is 0 Å². The van der Waals surface area contributed by atoms with Crippen LogP contribution in [0.5, 0.6) is 0 Å². The highest BCUT2D eigenvalue weighted by atomic mass is 32.2. The third-order valence-corrected chi connectivity index (χ3v) is 6.09. The minimum atomic E-state index is -3.40. The van der Waals surface area contributed by atoms with E-state index in [1.54, 1.807) is 0 Å². The van der Waals surface area contributed by atoms with Crippen LogP contribution in [0.2, 0.25) is 0 Å². The first kappa shape index (κ1) is 16.3. The maximum absolute atomic E-state index is 12.5. The number of benzene rings is 1. The van der Waals surface area contributed by atoms with Crippen molar-refractivity contribution in [2.24, 2.45) is 5.92 Å². The molecule has 1 fully saturated rings. The molecule has 1 N–H and O–H groups in total. The SMILES string of the molecule is CCc1cc(C)c2c(NS(=O)(=O)CC3CCCCC3)noc2c1. The Morgan fingerprint density at radius 1 is 1.26 bits per heavy atom. The highest BCUT2D eigenvalue weighted by Gasteiger charge is 2.23. The summed E-state index contributed by atoms with van der Waals surface area (Å²) in [6.45, 7) is 4.03. The molecule has 0 spiro atoms. The summed E-state index contributed by atoms with van der Waals surface area (Å²) in [6.07, 6.45) is 6.38. The molecular weight excluding hydrogens is 312 g/mol. The molecule has 3 rings (SSSR count). The molecular formula is C17H24N2O3S. The average Bonchev–Trinajstić information content (AvgIpc) is 2.90. The molecule has 0 atom stereocenters. The monoisotopic (exact) mass is 336 g/mol. The first-order valence-corrected chi connectivity index (χ1v) is 10.0. The Morgan fingerprint density at radius 2 is 2.00 bits per heavy atom. The van der Waals surface area contributed by atoms with Crippen LogP contribution in [-0.4, -0.2) is 19.3 Å². The number of hydrogen-bond acceptors (Lipinski definition) is 4. The van der Waals surface area contributed by atoms with Gasteiger partial charge in [-0.15, -0.1) is 0 Å². The van der Waals surface area contributed by atoms with Gasteiger partial charge in [0.15, 0.2) is 11.4 Å². The van der Waals surface area contributed by atoms with E-state index in [9.17, 15) is 8.42 Å². The van der Waals surface area contributed by atoms with E-state index in [1.807, 2.05) is 13.0 Å². The van der Waals surface area contributed by atoms with Crippen molar-refractivity contribution in [1.29, 1.82) is 0 Å². The van der Waals surface area contributed by atoms with Crippen molar-refractivity contribution >= 4 is 26.8 Å². The molecule has 1 aliphatic carbocycles. The number of aromatic nitrogens is 1. The summed E-state index contributed by atoms with van der Waals surface area (Å²) >= 11 is 0. The Balaban J connectivity index is 1.83. The number of anilines is 1. The summed E-state index contributed by atoms with van der Waals surface area (Å²) in [5, 5.41) is 4.70. The quantitative estimate of drug-likeness (QED) is 0.895. The van der Waals surface area contributed by atoms with Crippen LogP contribution in [0.4, 0.5) is 5.82 Å². The predicted octanol–water partition coefficient (Wildman–Crippen LogP) is 4.02. The van der Waals surface area contributed by atoms with Gasteiger partial charge in [-0.2, -0.15) is 0 Å². The Labute approximate surface area is 137 Å². The number of hydrogen-bond donors (Lipinski definition) is 1. The van der Waals surface area contributed by atoms with Crippen LogP contribution in [-0.2, 0) is 16.4 Å². The zero-order valence-electron chi connectivity index (χ0n) is 13.8. The molecule has 0 bridgehead atoms. The minimum absolute atomic E-state index is 0.174. The Morgan fingerprint density at radius 3 is 2.70 bits per heavy atom. The maximum atomic E-state index is 12.5. The summed E-state index contributed by atoms with van der Waals surface area (Å²) in [7, 11) is -3.40.